The molecule has 1 aromatic heterocycles. The zero-order valence-electron chi connectivity index (χ0n) is 8.68. The van der Waals surface area contributed by atoms with Crippen molar-refractivity contribution in [1.82, 2.24) is 0 Å². The first-order valence-corrected chi connectivity index (χ1v) is 6.76. The summed E-state index contributed by atoms with van der Waals surface area (Å²) < 4.78 is 1.96. The average Bonchev–Trinajstić information content (AvgIpc) is 2.34. The summed E-state index contributed by atoms with van der Waals surface area (Å²) in [5.41, 5.74) is 0.0373. The topological polar surface area (TPSA) is 17.1 Å². The summed E-state index contributed by atoms with van der Waals surface area (Å²) in [5.74, 6) is 0. The number of benzene rings is 2. The van der Waals surface area contributed by atoms with Crippen molar-refractivity contribution in [1.29, 1.82) is 0 Å². The highest BCUT2D eigenvalue weighted by molar-refractivity contribution is 7.83. The lowest BCUT2D eigenvalue weighted by Gasteiger charge is -2.04. The number of hydrogen-bond donors (Lipinski definition) is 2. The van der Waals surface area contributed by atoms with Crippen molar-refractivity contribution in [3.63, 3.8) is 0 Å². The number of hydrogen-bond acceptors (Lipinski definition) is 4. The molecule has 0 saturated heterocycles. The highest BCUT2D eigenvalue weighted by Crippen LogP contribution is 2.31. The molecule has 0 fully saturated rings. The molecule has 0 unspecified atom stereocenters. The third kappa shape index (κ3) is 1.68. The van der Waals surface area contributed by atoms with Crippen LogP contribution in [-0.2, 0) is 0 Å². The SMILES string of the molecule is O=c1c2ccccc2sc2ccc(S)c(S)c12. The van der Waals surface area contributed by atoms with Gasteiger partial charge in [-0.15, -0.1) is 36.6 Å². The van der Waals surface area contributed by atoms with Crippen LogP contribution in [0.3, 0.4) is 0 Å². The third-order valence-corrected chi connectivity index (χ3v) is 4.85. The number of fused-ring (bicyclic) bond motifs is 2. The fourth-order valence-electron chi connectivity index (χ4n) is 1.86. The predicted octanol–water partition coefficient (Wildman–Crippen LogP) is 3.99. The van der Waals surface area contributed by atoms with Gasteiger partial charge in [0, 0.05) is 24.6 Å². The van der Waals surface area contributed by atoms with Gasteiger partial charge in [-0.25, -0.2) is 0 Å². The van der Waals surface area contributed by atoms with Gasteiger partial charge in [-0.3, -0.25) is 4.79 Å². The molecule has 0 atom stereocenters. The highest BCUT2D eigenvalue weighted by atomic mass is 32.1. The van der Waals surface area contributed by atoms with Gasteiger partial charge in [0.2, 0.25) is 0 Å². The number of thiol groups is 2. The summed E-state index contributed by atoms with van der Waals surface area (Å²) in [5, 5.41) is 1.42. The standard InChI is InChI=1S/C13H8OS3/c14-12-7-3-1-2-4-9(7)17-10-6-5-8(15)13(16)11(10)12/h1-6,15-16H. The van der Waals surface area contributed by atoms with Crippen molar-refractivity contribution in [2.45, 2.75) is 9.79 Å². The van der Waals surface area contributed by atoms with Crippen LogP contribution in [0.4, 0.5) is 0 Å². The third-order valence-electron chi connectivity index (χ3n) is 2.70. The Labute approximate surface area is 113 Å². The molecule has 3 aromatic rings. The molecule has 4 heteroatoms. The lowest BCUT2D eigenvalue weighted by molar-refractivity contribution is 1.32. The zero-order chi connectivity index (χ0) is 12.0. The molecule has 0 spiro atoms. The van der Waals surface area contributed by atoms with Gasteiger partial charge >= 0.3 is 0 Å². The van der Waals surface area contributed by atoms with Crippen LogP contribution in [0.15, 0.2) is 51.0 Å². The Balaban J connectivity index is 2.66. The van der Waals surface area contributed by atoms with Crippen LogP contribution in [0.2, 0.25) is 0 Å². The van der Waals surface area contributed by atoms with E-state index in [1.54, 1.807) is 11.3 Å². The molecule has 0 aliphatic heterocycles. The molecule has 0 aliphatic carbocycles. The van der Waals surface area contributed by atoms with Gasteiger partial charge in [-0.1, -0.05) is 12.1 Å². The second-order valence-corrected chi connectivity index (χ2v) is 5.75. The average molecular weight is 276 g/mol. The normalized spacial score (nSPS) is 11.2. The lowest BCUT2D eigenvalue weighted by atomic mass is 10.2. The molecule has 0 aliphatic rings. The van der Waals surface area contributed by atoms with E-state index in [0.29, 0.717) is 10.3 Å². The number of rotatable bonds is 0. The largest absolute Gasteiger partial charge is 0.288 e. The van der Waals surface area contributed by atoms with Crippen LogP contribution >= 0.6 is 36.6 Å². The first kappa shape index (κ1) is 11.1. The fraction of sp³-hybridized carbons (Fsp3) is 0. The summed E-state index contributed by atoms with van der Waals surface area (Å²) in [4.78, 5) is 13.8. The summed E-state index contributed by atoms with van der Waals surface area (Å²) in [6, 6.07) is 11.4. The van der Waals surface area contributed by atoms with Crippen LogP contribution in [-0.4, -0.2) is 0 Å². The second kappa shape index (κ2) is 4.05. The Hall–Kier alpha value is -0.970. The monoisotopic (exact) mass is 276 g/mol. The van der Waals surface area contributed by atoms with E-state index in [4.69, 9.17) is 0 Å². The Morgan fingerprint density at radius 2 is 1.71 bits per heavy atom. The van der Waals surface area contributed by atoms with Gasteiger partial charge in [0.25, 0.3) is 0 Å². The molecule has 2 aromatic carbocycles. The maximum atomic E-state index is 12.4. The van der Waals surface area contributed by atoms with Crippen LogP contribution in [0.25, 0.3) is 20.2 Å². The molecule has 17 heavy (non-hydrogen) atoms. The van der Waals surface area contributed by atoms with E-state index >= 15 is 0 Å². The minimum atomic E-state index is 0.0373. The van der Waals surface area contributed by atoms with E-state index in [2.05, 4.69) is 25.3 Å². The van der Waals surface area contributed by atoms with Gasteiger partial charge in [-0.2, -0.15) is 0 Å². The Morgan fingerprint density at radius 1 is 0.941 bits per heavy atom. The fourth-order valence-corrected chi connectivity index (χ4v) is 3.51. The molecule has 1 nitrogen and oxygen atoms in total. The van der Waals surface area contributed by atoms with Crippen molar-refractivity contribution < 1.29 is 0 Å². The Bertz CT molecular complexity index is 790. The molecule has 0 bridgehead atoms. The Kier molecular flexibility index (Phi) is 2.65. The molecule has 0 radical (unpaired) electrons. The van der Waals surface area contributed by atoms with Gasteiger partial charge in [0.05, 0.1) is 5.39 Å². The van der Waals surface area contributed by atoms with E-state index in [0.717, 1.165) is 19.7 Å². The second-order valence-electron chi connectivity index (χ2n) is 3.73. The molecule has 84 valence electrons. The van der Waals surface area contributed by atoms with Crippen LogP contribution in [0.1, 0.15) is 0 Å². The maximum Gasteiger partial charge on any atom is 0.197 e. The minimum absolute atomic E-state index is 0.0373. The van der Waals surface area contributed by atoms with Crippen LogP contribution in [0.5, 0.6) is 0 Å². The summed E-state index contributed by atoms with van der Waals surface area (Å²) in [6.45, 7) is 0. The van der Waals surface area contributed by atoms with Gasteiger partial charge < -0.3 is 0 Å². The zero-order valence-corrected chi connectivity index (χ0v) is 11.3. The van der Waals surface area contributed by atoms with E-state index in [1.807, 2.05) is 36.4 Å². The van der Waals surface area contributed by atoms with Crippen LogP contribution in [0, 0.1) is 0 Å². The van der Waals surface area contributed by atoms with Crippen LogP contribution < -0.4 is 5.43 Å². The van der Waals surface area contributed by atoms with Crippen molar-refractivity contribution in [3.05, 3.63) is 46.6 Å². The maximum absolute atomic E-state index is 12.4. The predicted molar refractivity (Wildman–Crippen MR) is 80.1 cm³/mol. The smallest absolute Gasteiger partial charge is 0.197 e. The van der Waals surface area contributed by atoms with E-state index in [9.17, 15) is 4.79 Å². The first-order valence-electron chi connectivity index (χ1n) is 5.05. The van der Waals surface area contributed by atoms with Crippen molar-refractivity contribution in [2.75, 3.05) is 0 Å². The quantitative estimate of drug-likeness (QED) is 0.469. The van der Waals surface area contributed by atoms with E-state index < -0.39 is 0 Å². The molecular weight excluding hydrogens is 268 g/mol. The van der Waals surface area contributed by atoms with E-state index in [-0.39, 0.29) is 5.43 Å². The summed E-state index contributed by atoms with van der Waals surface area (Å²) in [6.07, 6.45) is 0. The highest BCUT2D eigenvalue weighted by Gasteiger charge is 2.09. The molecule has 3 rings (SSSR count). The first-order chi connectivity index (χ1) is 8.18. The van der Waals surface area contributed by atoms with E-state index in [1.165, 1.54) is 0 Å². The Morgan fingerprint density at radius 3 is 2.53 bits per heavy atom. The minimum Gasteiger partial charge on any atom is -0.288 e. The molecule has 0 amide bonds. The molecule has 0 saturated carbocycles. The summed E-state index contributed by atoms with van der Waals surface area (Å²) >= 11 is 10.3. The molecule has 0 N–H and O–H groups in total. The lowest BCUT2D eigenvalue weighted by Crippen LogP contribution is -2.01. The van der Waals surface area contributed by atoms with Gasteiger partial charge in [0.1, 0.15) is 0 Å². The summed E-state index contributed by atoms with van der Waals surface area (Å²) in [7, 11) is 0. The molecular formula is C13H8OS3. The van der Waals surface area contributed by atoms with Crippen molar-refractivity contribution in [2.24, 2.45) is 0 Å². The van der Waals surface area contributed by atoms with Crippen molar-refractivity contribution >= 4 is 56.8 Å². The molecule has 1 heterocycles. The van der Waals surface area contributed by atoms with Crippen molar-refractivity contribution in [3.8, 4) is 0 Å². The van der Waals surface area contributed by atoms with Gasteiger partial charge in [0.15, 0.2) is 5.43 Å². The van der Waals surface area contributed by atoms with Gasteiger partial charge in [-0.05, 0) is 24.3 Å².